The van der Waals surface area contributed by atoms with Gasteiger partial charge in [-0.3, -0.25) is 4.79 Å². The van der Waals surface area contributed by atoms with Crippen LogP contribution in [0.15, 0.2) is 12.1 Å². The molecule has 1 heterocycles. The molecule has 0 radical (unpaired) electrons. The Hall–Kier alpha value is -1.84. The van der Waals surface area contributed by atoms with Gasteiger partial charge < -0.3 is 9.64 Å². The molecular formula is C15H19NO3. The van der Waals surface area contributed by atoms with Crippen molar-refractivity contribution in [3.8, 4) is 0 Å². The summed E-state index contributed by atoms with van der Waals surface area (Å²) < 4.78 is 5.30. The lowest BCUT2D eigenvalue weighted by Gasteiger charge is -2.16. The number of amides is 1. The maximum absolute atomic E-state index is 11.8. The second-order valence-electron chi connectivity index (χ2n) is 5.14. The fourth-order valence-electron chi connectivity index (χ4n) is 2.45. The topological polar surface area (TPSA) is 46.6 Å². The van der Waals surface area contributed by atoms with Gasteiger partial charge in [0, 0.05) is 13.0 Å². The van der Waals surface area contributed by atoms with E-state index >= 15 is 0 Å². The Labute approximate surface area is 113 Å². The summed E-state index contributed by atoms with van der Waals surface area (Å²) in [5.74, 6) is 0.0969. The third-order valence-corrected chi connectivity index (χ3v) is 3.47. The van der Waals surface area contributed by atoms with Crippen LogP contribution in [0.1, 0.15) is 28.7 Å². The summed E-state index contributed by atoms with van der Waals surface area (Å²) in [5.41, 5.74) is 4.50. The van der Waals surface area contributed by atoms with Crippen LogP contribution in [0.2, 0.25) is 0 Å². The second kappa shape index (κ2) is 5.43. The highest BCUT2D eigenvalue weighted by atomic mass is 16.6. The van der Waals surface area contributed by atoms with Crippen molar-refractivity contribution in [2.75, 3.05) is 13.1 Å². The van der Waals surface area contributed by atoms with Crippen LogP contribution >= 0.6 is 0 Å². The molecular weight excluding hydrogens is 242 g/mol. The predicted molar refractivity (Wildman–Crippen MR) is 72.0 cm³/mol. The Morgan fingerprint density at radius 1 is 1.26 bits per heavy atom. The van der Waals surface area contributed by atoms with Crippen LogP contribution in [0.3, 0.4) is 0 Å². The highest BCUT2D eigenvalue weighted by Gasteiger charge is 2.25. The van der Waals surface area contributed by atoms with Crippen molar-refractivity contribution in [1.29, 1.82) is 0 Å². The number of hydrogen-bond donors (Lipinski definition) is 0. The molecule has 4 heteroatoms. The summed E-state index contributed by atoms with van der Waals surface area (Å²) >= 11 is 0. The highest BCUT2D eigenvalue weighted by Crippen LogP contribution is 2.18. The van der Waals surface area contributed by atoms with Crippen molar-refractivity contribution in [3.63, 3.8) is 0 Å². The second-order valence-corrected chi connectivity index (χ2v) is 5.14. The number of nitrogens with zero attached hydrogens (tertiary/aromatic N) is 1. The van der Waals surface area contributed by atoms with E-state index in [1.807, 2.05) is 20.8 Å². The minimum Gasteiger partial charge on any atom is -0.445 e. The van der Waals surface area contributed by atoms with Gasteiger partial charge in [-0.05, 0) is 37.5 Å². The first-order valence-corrected chi connectivity index (χ1v) is 6.47. The zero-order valence-corrected chi connectivity index (χ0v) is 11.7. The van der Waals surface area contributed by atoms with Gasteiger partial charge >= 0.3 is 6.09 Å². The van der Waals surface area contributed by atoms with Crippen LogP contribution in [0.5, 0.6) is 0 Å². The highest BCUT2D eigenvalue weighted by molar-refractivity contribution is 5.87. The van der Waals surface area contributed by atoms with E-state index < -0.39 is 6.09 Å². The molecule has 1 aliphatic heterocycles. The Morgan fingerprint density at radius 3 is 2.42 bits per heavy atom. The molecule has 0 aromatic heterocycles. The molecule has 0 N–H and O–H groups in total. The lowest BCUT2D eigenvalue weighted by Crippen LogP contribution is -2.29. The summed E-state index contributed by atoms with van der Waals surface area (Å²) in [6.45, 7) is 7.01. The van der Waals surface area contributed by atoms with Crippen molar-refractivity contribution in [3.05, 3.63) is 34.4 Å². The number of ether oxygens (including phenoxy) is 1. The van der Waals surface area contributed by atoms with Gasteiger partial charge in [-0.15, -0.1) is 0 Å². The first-order valence-electron chi connectivity index (χ1n) is 6.47. The Bertz CT molecular complexity index is 499. The van der Waals surface area contributed by atoms with Crippen molar-refractivity contribution >= 4 is 11.9 Å². The van der Waals surface area contributed by atoms with Gasteiger partial charge in [0.15, 0.2) is 5.78 Å². The Morgan fingerprint density at radius 2 is 1.89 bits per heavy atom. The molecule has 1 aliphatic rings. The predicted octanol–water partition coefficient (Wildman–Crippen LogP) is 2.52. The van der Waals surface area contributed by atoms with E-state index in [1.54, 1.807) is 0 Å². The number of benzene rings is 1. The first kappa shape index (κ1) is 13.6. The number of aryl methyl sites for hydroxylation is 3. The van der Waals surface area contributed by atoms with E-state index in [0.717, 1.165) is 16.7 Å². The van der Waals surface area contributed by atoms with Crippen LogP contribution in [-0.4, -0.2) is 29.9 Å². The number of likely N-dealkylation sites (tertiary alicyclic amines) is 1. The van der Waals surface area contributed by atoms with E-state index in [9.17, 15) is 9.59 Å². The number of Topliss-reactive ketones (excluding diaryl/α,β-unsaturated/α-hetero) is 1. The molecule has 102 valence electrons. The van der Waals surface area contributed by atoms with Gasteiger partial charge in [0.25, 0.3) is 0 Å². The van der Waals surface area contributed by atoms with Gasteiger partial charge in [-0.25, -0.2) is 4.79 Å². The van der Waals surface area contributed by atoms with Crippen molar-refractivity contribution in [2.45, 2.75) is 33.8 Å². The quantitative estimate of drug-likeness (QED) is 0.821. The normalized spacial score (nSPS) is 14.9. The minimum absolute atomic E-state index is 0.0969. The Kier molecular flexibility index (Phi) is 3.88. The molecule has 1 amide bonds. The molecule has 0 aliphatic carbocycles. The van der Waals surface area contributed by atoms with Crippen LogP contribution < -0.4 is 0 Å². The van der Waals surface area contributed by atoms with Crippen LogP contribution in [0.4, 0.5) is 4.79 Å². The van der Waals surface area contributed by atoms with Gasteiger partial charge in [-0.2, -0.15) is 0 Å². The van der Waals surface area contributed by atoms with E-state index in [4.69, 9.17) is 4.74 Å². The summed E-state index contributed by atoms with van der Waals surface area (Å²) in [7, 11) is 0. The standard InChI is InChI=1S/C15H19NO3/c1-10-6-11(2)14(12(3)7-10)9-19-15(18)16-5-4-13(17)8-16/h6-7H,4-5,8-9H2,1-3H3. The van der Waals surface area contributed by atoms with Gasteiger partial charge in [0.05, 0.1) is 6.54 Å². The van der Waals surface area contributed by atoms with Crippen molar-refractivity contribution in [1.82, 2.24) is 4.90 Å². The largest absolute Gasteiger partial charge is 0.445 e. The minimum atomic E-state index is -0.398. The van der Waals surface area contributed by atoms with E-state index in [2.05, 4.69) is 12.1 Å². The molecule has 1 aromatic carbocycles. The van der Waals surface area contributed by atoms with Gasteiger partial charge in [0.2, 0.25) is 0 Å². The Balaban J connectivity index is 1.99. The number of rotatable bonds is 2. The number of carbonyl (C=O) groups excluding carboxylic acids is 2. The summed E-state index contributed by atoms with van der Waals surface area (Å²) in [4.78, 5) is 24.4. The number of ketones is 1. The zero-order chi connectivity index (χ0) is 14.0. The molecule has 4 nitrogen and oxygen atoms in total. The molecule has 1 saturated heterocycles. The fraction of sp³-hybridized carbons (Fsp3) is 0.467. The van der Waals surface area contributed by atoms with E-state index in [0.29, 0.717) is 13.0 Å². The SMILES string of the molecule is Cc1cc(C)c(COC(=O)N2CCC(=O)C2)c(C)c1. The molecule has 0 spiro atoms. The van der Waals surface area contributed by atoms with Crippen molar-refractivity contribution < 1.29 is 14.3 Å². The third-order valence-electron chi connectivity index (χ3n) is 3.47. The molecule has 1 aromatic rings. The van der Waals surface area contributed by atoms with Crippen LogP contribution in [0.25, 0.3) is 0 Å². The van der Waals surface area contributed by atoms with Gasteiger partial charge in [0.1, 0.15) is 6.61 Å². The smallest absolute Gasteiger partial charge is 0.410 e. The fourth-order valence-corrected chi connectivity index (χ4v) is 2.45. The summed E-state index contributed by atoms with van der Waals surface area (Å²) in [5, 5.41) is 0. The molecule has 0 atom stereocenters. The average molecular weight is 261 g/mol. The summed E-state index contributed by atoms with van der Waals surface area (Å²) in [6.07, 6.45) is 0.0442. The number of hydrogen-bond acceptors (Lipinski definition) is 3. The molecule has 19 heavy (non-hydrogen) atoms. The van der Waals surface area contributed by atoms with E-state index in [1.165, 1.54) is 10.5 Å². The maximum Gasteiger partial charge on any atom is 0.410 e. The monoisotopic (exact) mass is 261 g/mol. The van der Waals surface area contributed by atoms with Gasteiger partial charge in [-0.1, -0.05) is 17.7 Å². The zero-order valence-electron chi connectivity index (χ0n) is 11.7. The molecule has 0 unspecified atom stereocenters. The molecule has 0 saturated carbocycles. The molecule has 0 bridgehead atoms. The molecule has 1 fully saturated rings. The lowest BCUT2D eigenvalue weighted by molar-refractivity contribution is -0.116. The third kappa shape index (κ3) is 3.13. The van der Waals surface area contributed by atoms with Crippen molar-refractivity contribution in [2.24, 2.45) is 0 Å². The van der Waals surface area contributed by atoms with Crippen LogP contribution in [0, 0.1) is 20.8 Å². The summed E-state index contributed by atoms with van der Waals surface area (Å²) in [6, 6.07) is 4.16. The first-order chi connectivity index (χ1) is 8.97. The number of carbonyl (C=O) groups is 2. The average Bonchev–Trinajstić information content (AvgIpc) is 2.74. The maximum atomic E-state index is 11.8. The molecule has 2 rings (SSSR count). The van der Waals surface area contributed by atoms with Crippen LogP contribution in [-0.2, 0) is 16.1 Å². The lowest BCUT2D eigenvalue weighted by atomic mass is 10.0. The van der Waals surface area contributed by atoms with E-state index in [-0.39, 0.29) is 18.9 Å².